The molecule has 3 atom stereocenters. The fourth-order valence-corrected chi connectivity index (χ4v) is 6.51. The van der Waals surface area contributed by atoms with Gasteiger partial charge in [0.15, 0.2) is 5.01 Å². The monoisotopic (exact) mass is 536 g/mol. The minimum absolute atomic E-state index is 0.0122. The molecule has 0 saturated heterocycles. The van der Waals surface area contributed by atoms with E-state index in [-0.39, 0.29) is 35.7 Å². The van der Waals surface area contributed by atoms with E-state index >= 15 is 0 Å². The summed E-state index contributed by atoms with van der Waals surface area (Å²) in [7, 11) is 2.07. The molecule has 1 aliphatic heterocycles. The Morgan fingerprint density at radius 3 is 2.68 bits per heavy atom. The minimum atomic E-state index is -0.392. The molecule has 5 rings (SSSR count). The van der Waals surface area contributed by atoms with Crippen LogP contribution in [0.1, 0.15) is 69.5 Å². The number of carbonyl (C=O) groups excluding carboxylic acids is 3. The van der Waals surface area contributed by atoms with Crippen molar-refractivity contribution in [3.63, 3.8) is 0 Å². The number of rotatable bonds is 6. The number of hydrogen-bond acceptors (Lipinski definition) is 6. The molecule has 2 aromatic heterocycles. The van der Waals surface area contributed by atoms with E-state index in [0.29, 0.717) is 30.0 Å². The Kier molecular flexibility index (Phi) is 7.54. The summed E-state index contributed by atoms with van der Waals surface area (Å²) >= 11 is 1.44. The number of aromatic amines is 1. The van der Waals surface area contributed by atoms with Crippen LogP contribution in [-0.4, -0.2) is 64.3 Å². The Balaban J connectivity index is 1.33. The van der Waals surface area contributed by atoms with Crippen LogP contribution in [0.5, 0.6) is 0 Å². The summed E-state index contributed by atoms with van der Waals surface area (Å²) in [4.78, 5) is 50.6. The average Bonchev–Trinajstić information content (AvgIpc) is 3.48. The maximum atomic E-state index is 13.3. The number of thiazole rings is 1. The standard InChI is InChI=1S/C28H36N6O3S/c1-15(2)29-25(35)17-6-8-20(31-27(37)28-33-21-9-10-34(4)14-24(21)38-28)22(12-17)32-26(36)23-13-18-11-16(3)5-7-19(18)30-23/h5,7,11,13,15,17,20,22,30H,6,8-10,12,14H2,1-4H3,(H,29,35)(H,31,37)(H,32,36)/t17-,20+,22-/m0/s1. The van der Waals surface area contributed by atoms with Gasteiger partial charge in [-0.25, -0.2) is 4.98 Å². The van der Waals surface area contributed by atoms with Crippen molar-refractivity contribution < 1.29 is 14.4 Å². The van der Waals surface area contributed by atoms with Gasteiger partial charge < -0.3 is 25.8 Å². The van der Waals surface area contributed by atoms with Crippen molar-refractivity contribution in [1.82, 2.24) is 30.8 Å². The zero-order chi connectivity index (χ0) is 27.0. The number of carbonyl (C=O) groups is 3. The molecule has 0 bridgehead atoms. The number of likely N-dealkylation sites (N-methyl/N-ethyl adjacent to an activating group) is 1. The van der Waals surface area contributed by atoms with Crippen LogP contribution >= 0.6 is 11.3 Å². The van der Waals surface area contributed by atoms with Crippen molar-refractivity contribution in [2.75, 3.05) is 13.6 Å². The summed E-state index contributed by atoms with van der Waals surface area (Å²) in [5, 5.41) is 10.7. The highest BCUT2D eigenvalue weighted by Crippen LogP contribution is 2.28. The lowest BCUT2D eigenvalue weighted by Gasteiger charge is -2.36. The van der Waals surface area contributed by atoms with Gasteiger partial charge in [0.2, 0.25) is 5.91 Å². The van der Waals surface area contributed by atoms with Crippen LogP contribution in [0.3, 0.4) is 0 Å². The number of nitrogens with zero attached hydrogens (tertiary/aromatic N) is 2. The predicted octanol–water partition coefficient (Wildman–Crippen LogP) is 3.14. The molecule has 38 heavy (non-hydrogen) atoms. The van der Waals surface area contributed by atoms with Crippen LogP contribution in [0.2, 0.25) is 0 Å². The van der Waals surface area contributed by atoms with Crippen molar-refractivity contribution >= 4 is 40.0 Å². The molecule has 1 saturated carbocycles. The normalized spacial score (nSPS) is 21.8. The zero-order valence-electron chi connectivity index (χ0n) is 22.4. The Morgan fingerprint density at radius 1 is 1.11 bits per heavy atom. The van der Waals surface area contributed by atoms with Gasteiger partial charge >= 0.3 is 0 Å². The SMILES string of the molecule is Cc1ccc2[nH]c(C(=O)N[C@H]3C[C@@H](C(=O)NC(C)C)CC[C@H]3NC(=O)c3nc4c(s3)CN(C)CC4)cc2c1. The molecule has 2 aliphatic rings. The highest BCUT2D eigenvalue weighted by molar-refractivity contribution is 7.13. The number of benzene rings is 1. The molecule has 3 amide bonds. The van der Waals surface area contributed by atoms with Gasteiger partial charge in [0.05, 0.1) is 11.7 Å². The van der Waals surface area contributed by atoms with E-state index in [2.05, 4.69) is 37.9 Å². The molecule has 3 heterocycles. The summed E-state index contributed by atoms with van der Waals surface area (Å²) in [6.07, 6.45) is 2.52. The van der Waals surface area contributed by atoms with Crippen molar-refractivity contribution in [3.8, 4) is 0 Å². The number of fused-ring (bicyclic) bond motifs is 2. The molecule has 0 unspecified atom stereocenters. The van der Waals surface area contributed by atoms with Gasteiger partial charge in [-0.3, -0.25) is 14.4 Å². The molecule has 3 aromatic rings. The van der Waals surface area contributed by atoms with E-state index in [9.17, 15) is 14.4 Å². The molecular weight excluding hydrogens is 500 g/mol. The fraction of sp³-hybridized carbons (Fsp3) is 0.500. The molecule has 9 nitrogen and oxygen atoms in total. The predicted molar refractivity (Wildman–Crippen MR) is 148 cm³/mol. The van der Waals surface area contributed by atoms with Crippen molar-refractivity contribution in [2.45, 2.75) is 71.1 Å². The molecule has 4 N–H and O–H groups in total. The van der Waals surface area contributed by atoms with E-state index in [1.165, 1.54) is 11.3 Å². The Labute approximate surface area is 226 Å². The quantitative estimate of drug-likeness (QED) is 0.386. The molecule has 0 radical (unpaired) electrons. The van der Waals surface area contributed by atoms with Crippen LogP contribution in [0.25, 0.3) is 10.9 Å². The van der Waals surface area contributed by atoms with E-state index in [1.807, 2.05) is 45.0 Å². The van der Waals surface area contributed by atoms with Gasteiger partial charge in [0.1, 0.15) is 5.69 Å². The number of hydrogen-bond donors (Lipinski definition) is 4. The first-order valence-electron chi connectivity index (χ1n) is 13.3. The van der Waals surface area contributed by atoms with Crippen molar-refractivity contribution in [2.24, 2.45) is 5.92 Å². The second-order valence-corrected chi connectivity index (χ2v) is 12.1. The van der Waals surface area contributed by atoms with E-state index in [1.54, 1.807) is 0 Å². The zero-order valence-corrected chi connectivity index (χ0v) is 23.2. The van der Waals surface area contributed by atoms with Gasteiger partial charge in [0.25, 0.3) is 11.8 Å². The van der Waals surface area contributed by atoms with Crippen LogP contribution < -0.4 is 16.0 Å². The maximum absolute atomic E-state index is 13.3. The molecule has 0 spiro atoms. The molecule has 202 valence electrons. The van der Waals surface area contributed by atoms with Gasteiger partial charge in [0, 0.05) is 53.3 Å². The molecular formula is C28H36N6O3S. The summed E-state index contributed by atoms with van der Waals surface area (Å²) in [6, 6.07) is 7.18. The highest BCUT2D eigenvalue weighted by atomic mass is 32.1. The van der Waals surface area contributed by atoms with E-state index in [0.717, 1.165) is 46.5 Å². The lowest BCUT2D eigenvalue weighted by atomic mass is 9.81. The van der Waals surface area contributed by atoms with Crippen LogP contribution in [0, 0.1) is 12.8 Å². The molecule has 10 heteroatoms. The number of amides is 3. The Bertz CT molecular complexity index is 1360. The van der Waals surface area contributed by atoms with Crippen LogP contribution in [0.15, 0.2) is 24.3 Å². The second-order valence-electron chi connectivity index (χ2n) is 11.0. The van der Waals surface area contributed by atoms with Crippen molar-refractivity contribution in [1.29, 1.82) is 0 Å². The van der Waals surface area contributed by atoms with Crippen LogP contribution in [0.4, 0.5) is 0 Å². The Hall–Kier alpha value is -3.24. The fourth-order valence-electron chi connectivity index (χ4n) is 5.41. The summed E-state index contributed by atoms with van der Waals surface area (Å²) in [5.41, 5.74) is 3.47. The van der Waals surface area contributed by atoms with Gasteiger partial charge in [-0.1, -0.05) is 11.6 Å². The van der Waals surface area contributed by atoms with Crippen molar-refractivity contribution in [3.05, 3.63) is 51.1 Å². The number of aryl methyl sites for hydroxylation is 1. The van der Waals surface area contributed by atoms with E-state index < -0.39 is 6.04 Å². The molecule has 1 fully saturated rings. The summed E-state index contributed by atoms with van der Waals surface area (Å²) in [6.45, 7) is 7.62. The number of nitrogens with one attached hydrogen (secondary N) is 4. The first kappa shape index (κ1) is 26.4. The smallest absolute Gasteiger partial charge is 0.280 e. The maximum Gasteiger partial charge on any atom is 0.280 e. The lowest BCUT2D eigenvalue weighted by molar-refractivity contribution is -0.126. The topological polar surface area (TPSA) is 119 Å². The first-order chi connectivity index (χ1) is 18.2. The summed E-state index contributed by atoms with van der Waals surface area (Å²) < 4.78 is 0. The van der Waals surface area contributed by atoms with Gasteiger partial charge in [-0.05, 0) is 65.3 Å². The second kappa shape index (κ2) is 10.9. The van der Waals surface area contributed by atoms with E-state index in [4.69, 9.17) is 0 Å². The third-order valence-corrected chi connectivity index (χ3v) is 8.50. The number of H-pyrrole nitrogens is 1. The average molecular weight is 537 g/mol. The van der Waals surface area contributed by atoms with Gasteiger partial charge in [-0.15, -0.1) is 11.3 Å². The number of aromatic nitrogens is 2. The molecule has 1 aromatic carbocycles. The molecule has 1 aliphatic carbocycles. The Morgan fingerprint density at radius 2 is 1.89 bits per heavy atom. The third kappa shape index (κ3) is 5.76. The largest absolute Gasteiger partial charge is 0.354 e. The summed E-state index contributed by atoms with van der Waals surface area (Å²) in [5.74, 6) is -0.714. The first-order valence-corrected chi connectivity index (χ1v) is 14.2. The van der Waals surface area contributed by atoms with Crippen LogP contribution in [-0.2, 0) is 17.8 Å². The third-order valence-electron chi connectivity index (χ3n) is 7.42. The lowest BCUT2D eigenvalue weighted by Crippen LogP contribution is -2.56. The minimum Gasteiger partial charge on any atom is -0.354 e. The van der Waals surface area contributed by atoms with Gasteiger partial charge in [-0.2, -0.15) is 0 Å². The highest BCUT2D eigenvalue weighted by Gasteiger charge is 2.37.